The number of aliphatic hydroxyl groups excluding tert-OH is 1. The highest BCUT2D eigenvalue weighted by Gasteiger charge is 2.37. The average Bonchev–Trinajstić information content (AvgIpc) is 2.74. The van der Waals surface area contributed by atoms with E-state index < -0.39 is 5.54 Å². The summed E-state index contributed by atoms with van der Waals surface area (Å²) in [5.74, 6) is 0.263. The van der Waals surface area contributed by atoms with Gasteiger partial charge in [0.15, 0.2) is 0 Å². The molecule has 6 nitrogen and oxygen atoms in total. The summed E-state index contributed by atoms with van der Waals surface area (Å²) in [5.41, 5.74) is 6.95. The van der Waals surface area contributed by atoms with E-state index in [0.717, 1.165) is 25.7 Å². The largest absolute Gasteiger partial charge is 0.395 e. The summed E-state index contributed by atoms with van der Waals surface area (Å²) < 4.78 is 1.62. The Hall–Kier alpha value is -1.56. The van der Waals surface area contributed by atoms with Crippen LogP contribution in [-0.2, 0) is 6.54 Å². The molecule has 0 aromatic carbocycles. The maximum absolute atomic E-state index is 12.6. The van der Waals surface area contributed by atoms with Crippen molar-refractivity contribution in [1.29, 1.82) is 0 Å². The lowest BCUT2D eigenvalue weighted by Gasteiger charge is -2.39. The number of hydrogen-bond acceptors (Lipinski definition) is 4. The molecule has 1 saturated carbocycles. The van der Waals surface area contributed by atoms with Crippen molar-refractivity contribution >= 4 is 11.6 Å². The third-order valence-electron chi connectivity index (χ3n) is 4.46. The van der Waals surface area contributed by atoms with Crippen LogP contribution in [-0.4, -0.2) is 32.9 Å². The van der Waals surface area contributed by atoms with Gasteiger partial charge in [0.25, 0.3) is 5.91 Å². The third-order valence-corrected chi connectivity index (χ3v) is 4.46. The molecule has 0 saturated heterocycles. The van der Waals surface area contributed by atoms with Crippen LogP contribution in [0.2, 0.25) is 0 Å². The van der Waals surface area contributed by atoms with Crippen molar-refractivity contribution in [3.05, 3.63) is 11.4 Å². The van der Waals surface area contributed by atoms with Crippen LogP contribution in [0.4, 0.5) is 5.69 Å². The van der Waals surface area contributed by atoms with Crippen LogP contribution >= 0.6 is 0 Å². The van der Waals surface area contributed by atoms with Crippen LogP contribution in [0, 0.1) is 12.8 Å². The van der Waals surface area contributed by atoms with Gasteiger partial charge in [-0.2, -0.15) is 5.10 Å². The molecule has 0 aliphatic heterocycles. The summed E-state index contributed by atoms with van der Waals surface area (Å²) >= 11 is 0. The molecule has 1 aliphatic rings. The lowest BCUT2D eigenvalue weighted by Crippen LogP contribution is -2.54. The fourth-order valence-corrected chi connectivity index (χ4v) is 3.32. The Balaban J connectivity index is 2.24. The molecule has 2 rings (SSSR count). The van der Waals surface area contributed by atoms with Gasteiger partial charge in [0.2, 0.25) is 0 Å². The number of nitrogens with two attached hydrogens (primary N) is 1. The Bertz CT molecular complexity index is 526. The number of carbonyl (C=O) groups excluding carboxylic acids is 1. The quantitative estimate of drug-likeness (QED) is 0.784. The number of aliphatic hydroxyl groups is 1. The minimum Gasteiger partial charge on any atom is -0.395 e. The number of hydrogen-bond donors (Lipinski definition) is 3. The van der Waals surface area contributed by atoms with Gasteiger partial charge in [-0.05, 0) is 32.6 Å². The third kappa shape index (κ3) is 3.05. The Morgan fingerprint density at radius 1 is 1.62 bits per heavy atom. The van der Waals surface area contributed by atoms with Crippen molar-refractivity contribution in [3.8, 4) is 0 Å². The molecular weight excluding hydrogens is 268 g/mol. The SMILES string of the molecule is CCn1nc(C)c(N)c1C(=O)NC1(CO)CCCC(C)C1. The summed E-state index contributed by atoms with van der Waals surface area (Å²) in [4.78, 5) is 12.6. The van der Waals surface area contributed by atoms with E-state index in [2.05, 4.69) is 17.3 Å². The zero-order valence-corrected chi connectivity index (χ0v) is 13.1. The van der Waals surface area contributed by atoms with Crippen molar-refractivity contribution in [2.75, 3.05) is 12.3 Å². The number of anilines is 1. The van der Waals surface area contributed by atoms with Crippen molar-refractivity contribution in [2.45, 2.75) is 58.5 Å². The van der Waals surface area contributed by atoms with Crippen LogP contribution < -0.4 is 11.1 Å². The van der Waals surface area contributed by atoms with Crippen LogP contribution in [0.3, 0.4) is 0 Å². The molecule has 118 valence electrons. The van der Waals surface area contributed by atoms with Gasteiger partial charge >= 0.3 is 0 Å². The van der Waals surface area contributed by atoms with Gasteiger partial charge < -0.3 is 16.2 Å². The minimum atomic E-state index is -0.530. The fraction of sp³-hybridized carbons (Fsp3) is 0.733. The van der Waals surface area contributed by atoms with Gasteiger partial charge in [0.05, 0.1) is 23.5 Å². The molecule has 1 fully saturated rings. The van der Waals surface area contributed by atoms with E-state index in [9.17, 15) is 9.90 Å². The molecule has 1 aromatic heterocycles. The normalized spacial score (nSPS) is 25.8. The Labute approximate surface area is 125 Å². The monoisotopic (exact) mass is 294 g/mol. The molecule has 0 spiro atoms. The maximum Gasteiger partial charge on any atom is 0.272 e. The minimum absolute atomic E-state index is 0.0395. The van der Waals surface area contributed by atoms with Crippen molar-refractivity contribution in [2.24, 2.45) is 5.92 Å². The van der Waals surface area contributed by atoms with Gasteiger partial charge in [-0.3, -0.25) is 9.48 Å². The van der Waals surface area contributed by atoms with Crippen LogP contribution in [0.1, 0.15) is 55.7 Å². The average molecular weight is 294 g/mol. The first-order valence-corrected chi connectivity index (χ1v) is 7.68. The predicted molar refractivity (Wildman–Crippen MR) is 82.0 cm³/mol. The molecule has 1 aromatic rings. The second-order valence-corrected chi connectivity index (χ2v) is 6.26. The number of nitrogens with one attached hydrogen (secondary N) is 1. The van der Waals surface area contributed by atoms with Crippen molar-refractivity contribution in [3.63, 3.8) is 0 Å². The number of nitrogens with zero attached hydrogens (tertiary/aromatic N) is 2. The predicted octanol–water partition coefficient (Wildman–Crippen LogP) is 1.46. The number of rotatable bonds is 4. The number of aryl methyl sites for hydroxylation is 2. The van der Waals surface area contributed by atoms with Crippen LogP contribution in [0.25, 0.3) is 0 Å². The molecule has 1 amide bonds. The number of aromatic nitrogens is 2. The fourth-order valence-electron chi connectivity index (χ4n) is 3.32. The van der Waals surface area contributed by atoms with Gasteiger partial charge in [0.1, 0.15) is 5.69 Å². The van der Waals surface area contributed by atoms with E-state index in [1.165, 1.54) is 0 Å². The summed E-state index contributed by atoms with van der Waals surface area (Å²) in [6.07, 6.45) is 3.77. The van der Waals surface area contributed by atoms with Crippen LogP contribution in [0.5, 0.6) is 0 Å². The van der Waals surface area contributed by atoms with Gasteiger partial charge in [-0.25, -0.2) is 0 Å². The van der Waals surface area contributed by atoms with Gasteiger partial charge in [0, 0.05) is 6.54 Å². The summed E-state index contributed by atoms with van der Waals surface area (Å²) in [6.45, 7) is 6.42. The summed E-state index contributed by atoms with van der Waals surface area (Å²) in [6, 6.07) is 0. The Kier molecular flexibility index (Phi) is 4.56. The molecule has 1 aliphatic carbocycles. The Morgan fingerprint density at radius 2 is 2.33 bits per heavy atom. The first-order valence-electron chi connectivity index (χ1n) is 7.68. The number of nitrogen functional groups attached to an aromatic ring is 1. The van der Waals surface area contributed by atoms with E-state index in [4.69, 9.17) is 5.73 Å². The van der Waals surface area contributed by atoms with E-state index in [-0.39, 0.29) is 12.5 Å². The lowest BCUT2D eigenvalue weighted by atomic mass is 9.76. The molecule has 2 unspecified atom stereocenters. The molecule has 6 heteroatoms. The standard InChI is InChI=1S/C15H26N4O2/c1-4-19-13(12(16)11(3)18-19)14(21)17-15(9-20)7-5-6-10(2)8-15/h10,20H,4-9,16H2,1-3H3,(H,17,21). The second kappa shape index (κ2) is 6.05. The molecule has 0 radical (unpaired) electrons. The zero-order valence-electron chi connectivity index (χ0n) is 13.1. The number of amides is 1. The van der Waals surface area contributed by atoms with E-state index in [1.807, 2.05) is 6.92 Å². The van der Waals surface area contributed by atoms with E-state index >= 15 is 0 Å². The Morgan fingerprint density at radius 3 is 2.90 bits per heavy atom. The maximum atomic E-state index is 12.6. The smallest absolute Gasteiger partial charge is 0.272 e. The highest BCUT2D eigenvalue weighted by atomic mass is 16.3. The zero-order chi connectivity index (χ0) is 15.6. The number of carbonyl (C=O) groups is 1. The molecule has 21 heavy (non-hydrogen) atoms. The van der Waals surface area contributed by atoms with E-state index in [0.29, 0.717) is 29.5 Å². The van der Waals surface area contributed by atoms with Crippen LogP contribution in [0.15, 0.2) is 0 Å². The van der Waals surface area contributed by atoms with Crippen molar-refractivity contribution in [1.82, 2.24) is 15.1 Å². The van der Waals surface area contributed by atoms with Gasteiger partial charge in [-0.1, -0.05) is 19.8 Å². The highest BCUT2D eigenvalue weighted by Crippen LogP contribution is 2.32. The molecular formula is C15H26N4O2. The summed E-state index contributed by atoms with van der Waals surface area (Å²) in [5, 5.41) is 17.1. The summed E-state index contributed by atoms with van der Waals surface area (Å²) in [7, 11) is 0. The molecule has 1 heterocycles. The van der Waals surface area contributed by atoms with Gasteiger partial charge in [-0.15, -0.1) is 0 Å². The topological polar surface area (TPSA) is 93.2 Å². The molecule has 4 N–H and O–H groups in total. The van der Waals surface area contributed by atoms with E-state index in [1.54, 1.807) is 11.6 Å². The first kappa shape index (κ1) is 15.8. The molecule has 2 atom stereocenters. The highest BCUT2D eigenvalue weighted by molar-refractivity contribution is 5.98. The molecule has 0 bridgehead atoms. The van der Waals surface area contributed by atoms with Crippen molar-refractivity contribution < 1.29 is 9.90 Å². The first-order chi connectivity index (χ1) is 9.92. The second-order valence-electron chi connectivity index (χ2n) is 6.26. The lowest BCUT2D eigenvalue weighted by molar-refractivity contribution is 0.0689.